The predicted octanol–water partition coefficient (Wildman–Crippen LogP) is -10.2. The van der Waals surface area contributed by atoms with E-state index in [2.05, 4.69) is 37.2 Å². The smallest absolute Gasteiger partial charge is 0.333 e. The van der Waals surface area contributed by atoms with Gasteiger partial charge in [0.2, 0.25) is 41.4 Å². The first-order chi connectivity index (χ1) is 45.4. The van der Waals surface area contributed by atoms with Crippen LogP contribution in [-0.2, 0) is 90.7 Å². The first-order valence-electron chi connectivity index (χ1n) is 31.7. The van der Waals surface area contributed by atoms with Gasteiger partial charge in [-0.1, -0.05) is 0 Å². The summed E-state index contributed by atoms with van der Waals surface area (Å²) in [4.78, 5) is 138. The van der Waals surface area contributed by atoms with Crippen molar-refractivity contribution in [2.45, 2.75) is 246 Å². The van der Waals surface area contributed by atoms with E-state index in [1.807, 2.05) is 0 Å². The van der Waals surface area contributed by atoms with E-state index < -0.39 is 245 Å². The second-order valence-corrected chi connectivity index (χ2v) is 23.7. The molecule has 23 atom stereocenters. The number of unbranched alkanes of at least 4 members (excludes halogenated alkanes) is 1. The predicted molar refractivity (Wildman–Crippen MR) is 314 cm³/mol. The topological polar surface area (TPSA) is 584 Å². The Morgan fingerprint density at radius 1 is 0.385 bits per heavy atom. The Kier molecular flexibility index (Phi) is 33.3. The lowest BCUT2D eigenvalue weighted by Gasteiger charge is -2.38. The molecule has 0 saturated carbocycles. The highest BCUT2D eigenvalue weighted by Crippen LogP contribution is 2.26. The highest BCUT2D eigenvalue weighted by Gasteiger charge is 2.46. The Balaban J connectivity index is 1.32. The molecule has 0 aromatic rings. The van der Waals surface area contributed by atoms with Crippen LogP contribution in [0.1, 0.15) is 105 Å². The van der Waals surface area contributed by atoms with Gasteiger partial charge in [0, 0.05) is 71.1 Å². The number of hydrogen-bond donors (Lipinski definition) is 19. The van der Waals surface area contributed by atoms with Crippen LogP contribution in [0.5, 0.6) is 0 Å². The van der Waals surface area contributed by atoms with Gasteiger partial charge in [-0.05, 0) is 59.8 Å². The summed E-state index contributed by atoms with van der Waals surface area (Å²) in [5.41, 5.74) is 0. The number of hydrogen-bond acceptors (Lipinski definition) is 31. The number of carbonyl (C=O) groups excluding carboxylic acids is 10. The number of carbonyl (C=O) groups is 10. The minimum absolute atomic E-state index is 0.0206. The van der Waals surface area contributed by atoms with Crippen LogP contribution in [0.15, 0.2) is 0 Å². The third-order valence-electron chi connectivity index (χ3n) is 16.2. The monoisotopic (exact) mass is 1390 g/mol. The largest absolute Gasteiger partial charge is 0.388 e. The molecule has 5 aliphatic rings. The van der Waals surface area contributed by atoms with Crippen molar-refractivity contribution in [1.29, 1.82) is 0 Å². The number of nitrogens with one attached hydrogen (secondary N) is 7. The fourth-order valence-corrected chi connectivity index (χ4v) is 10.2. The van der Waals surface area contributed by atoms with Crippen LogP contribution in [0.3, 0.4) is 0 Å². The number of amides is 9. The molecule has 5 aliphatic heterocycles. The van der Waals surface area contributed by atoms with Crippen molar-refractivity contribution >= 4 is 59.1 Å². The van der Waals surface area contributed by atoms with Gasteiger partial charge in [0.25, 0.3) is 11.8 Å². The summed E-state index contributed by atoms with van der Waals surface area (Å²) in [7, 11) is 0. The molecule has 0 aromatic heterocycles. The van der Waals surface area contributed by atoms with Gasteiger partial charge >= 0.3 is 5.97 Å². The average Bonchev–Trinajstić information content (AvgIpc) is 1.09. The molecule has 0 radical (unpaired) electrons. The number of hydroxylamine groups is 2. The third-order valence-corrected chi connectivity index (χ3v) is 16.2. The zero-order valence-corrected chi connectivity index (χ0v) is 53.5. The molecule has 0 spiro atoms. The molecule has 0 unspecified atom stereocenters. The summed E-state index contributed by atoms with van der Waals surface area (Å²) in [5.74, 6) is -8.69. The van der Waals surface area contributed by atoms with Gasteiger partial charge in [-0.15, -0.1) is 5.06 Å². The van der Waals surface area contributed by atoms with E-state index in [1.165, 1.54) is 27.7 Å². The third kappa shape index (κ3) is 24.5. The van der Waals surface area contributed by atoms with Crippen molar-refractivity contribution < 1.29 is 152 Å². The maximum atomic E-state index is 14.6. The molecule has 548 valence electrons. The Hall–Kier alpha value is -5.90. The fourth-order valence-electron chi connectivity index (χ4n) is 10.2. The fraction of sp³-hybridized carbons (Fsp3) is 0.825. The normalized spacial score (nSPS) is 32.4. The molecule has 0 aromatic carbocycles. The van der Waals surface area contributed by atoms with E-state index in [0.29, 0.717) is 5.06 Å². The van der Waals surface area contributed by atoms with Crippen molar-refractivity contribution in [3.8, 4) is 0 Å². The second kappa shape index (κ2) is 39.6. The van der Waals surface area contributed by atoms with Gasteiger partial charge in [-0.25, -0.2) is 4.79 Å². The lowest BCUT2D eigenvalue weighted by Crippen LogP contribution is -2.58. The molecule has 5 heterocycles. The van der Waals surface area contributed by atoms with Crippen LogP contribution < -0.4 is 37.2 Å². The quantitative estimate of drug-likeness (QED) is 0.0203. The van der Waals surface area contributed by atoms with Gasteiger partial charge in [-0.2, -0.15) is 0 Å². The van der Waals surface area contributed by atoms with Gasteiger partial charge in [-0.3, -0.25) is 43.2 Å². The van der Waals surface area contributed by atoms with Crippen LogP contribution in [0.2, 0.25) is 0 Å². The maximum Gasteiger partial charge on any atom is 0.333 e. The van der Waals surface area contributed by atoms with Crippen molar-refractivity contribution in [2.75, 3.05) is 52.6 Å². The zero-order valence-electron chi connectivity index (χ0n) is 53.5. The highest BCUT2D eigenvalue weighted by atomic mass is 16.7. The van der Waals surface area contributed by atoms with Gasteiger partial charge in [0.15, 0.2) is 25.2 Å². The molecule has 0 bridgehead atoms. The van der Waals surface area contributed by atoms with E-state index in [9.17, 15) is 109 Å². The molecule has 96 heavy (non-hydrogen) atoms. The van der Waals surface area contributed by atoms with Crippen LogP contribution in [0.4, 0.5) is 0 Å². The summed E-state index contributed by atoms with van der Waals surface area (Å²) in [6.45, 7) is 3.28. The Morgan fingerprint density at radius 3 is 1.01 bits per heavy atom. The average molecular weight is 1390 g/mol. The highest BCUT2D eigenvalue weighted by molar-refractivity contribution is 6.01. The van der Waals surface area contributed by atoms with Gasteiger partial charge in [0.1, 0.15) is 91.4 Å². The van der Waals surface area contributed by atoms with E-state index in [0.717, 1.165) is 0 Å². The zero-order chi connectivity index (χ0) is 71.1. The van der Waals surface area contributed by atoms with Crippen molar-refractivity contribution in [3.05, 3.63) is 0 Å². The molecular weight excluding hydrogens is 1290 g/mol. The molecule has 0 aliphatic carbocycles. The number of aliphatic hydroxyl groups is 12. The first kappa shape index (κ1) is 80.8. The van der Waals surface area contributed by atoms with Gasteiger partial charge in [0.05, 0.1) is 50.8 Å². The second-order valence-electron chi connectivity index (χ2n) is 23.7. The molecule has 19 N–H and O–H groups in total. The van der Waals surface area contributed by atoms with E-state index in [-0.39, 0.29) is 84.5 Å². The molecular formula is C57H94N8O31. The lowest BCUT2D eigenvalue weighted by atomic mass is 10.0. The van der Waals surface area contributed by atoms with Crippen LogP contribution in [-0.4, -0.2) is 319 Å². The molecule has 39 nitrogen and oxygen atoms in total. The SMILES string of the molecule is C[C@@H]1O[C@@H](OCCNC(=O)CC[C@H](NC(=O)CCCCC(=O)ON2C(=O)CCC2=O)C(=O)N[C@@H](CCC(=O)NCCO[C@@H]2O[C@@H](C)[C@@H](O)[C@@H](O)[C@@H]2O)C(=O)N[C@@H](CCC(=O)NCCO[C@@H]2O[C@@H](C)[C@@H](O)[C@@H](O)[C@@H]2O)C(=O)NCCO[C@@H]2O[C@@H](C)[C@@H](O)[C@@H](O)[C@@H]2O)[C@@H](O)[C@H](O)[C@@H]1O. The van der Waals surface area contributed by atoms with Crippen molar-refractivity contribution in [1.82, 2.24) is 42.3 Å². The molecule has 5 rings (SSSR count). The van der Waals surface area contributed by atoms with E-state index in [1.54, 1.807) is 0 Å². The molecule has 5 saturated heterocycles. The summed E-state index contributed by atoms with van der Waals surface area (Å²) in [6, 6.07) is -5.14. The van der Waals surface area contributed by atoms with Crippen LogP contribution >= 0.6 is 0 Å². The minimum Gasteiger partial charge on any atom is -0.388 e. The summed E-state index contributed by atoms with van der Waals surface area (Å²) in [5, 5.41) is 140. The maximum absolute atomic E-state index is 14.6. The first-order valence-corrected chi connectivity index (χ1v) is 31.7. The summed E-state index contributed by atoms with van der Waals surface area (Å²) in [6.07, 6.45) is -32.6. The number of rotatable bonds is 37. The number of nitrogens with zero attached hydrogens (tertiary/aromatic N) is 1. The molecule has 9 amide bonds. The number of aliphatic hydroxyl groups excluding tert-OH is 12. The molecule has 5 fully saturated rings. The Morgan fingerprint density at radius 2 is 0.677 bits per heavy atom. The van der Waals surface area contributed by atoms with Crippen LogP contribution in [0, 0.1) is 0 Å². The minimum atomic E-state index is -1.80. The van der Waals surface area contributed by atoms with E-state index in [4.69, 9.17) is 42.7 Å². The van der Waals surface area contributed by atoms with Gasteiger partial charge < -0.3 is 141 Å². The van der Waals surface area contributed by atoms with Crippen molar-refractivity contribution in [2.24, 2.45) is 0 Å². The van der Waals surface area contributed by atoms with Crippen molar-refractivity contribution in [3.63, 3.8) is 0 Å². The Bertz CT molecular complexity index is 2550. The molecule has 39 heteroatoms. The number of ether oxygens (including phenoxy) is 8. The van der Waals surface area contributed by atoms with Crippen LogP contribution in [0.25, 0.3) is 0 Å². The van der Waals surface area contributed by atoms with E-state index >= 15 is 0 Å². The summed E-state index contributed by atoms with van der Waals surface area (Å²) < 4.78 is 43.5. The Labute approximate surface area is 550 Å². The summed E-state index contributed by atoms with van der Waals surface area (Å²) >= 11 is 0. The number of imide groups is 1. The lowest BCUT2D eigenvalue weighted by molar-refractivity contribution is -0.292. The standard InChI is InChI=1S/C57H94N8O31/c1-25-39(73)43(77)47(81)54(92-25)88-21-17-58-32(66)12-9-29(51(85)61-20-24-91-57-50(84)46(80)42(76)28(4)95-57)63-53(87)31(11-14-34(68)60-19-23-90-56-49(83)45(79)41(75)27(3)94-56)64-52(86)30(62-35(69)7-5-6-8-38(72)96-65-36(70)15-16-37(65)71)10-13-33(67)59-18-22-89-55-48(82)44(78)40(74)26(2)93-55/h25-31,39-50,54-57,73-84H,5-24H2,1-4H3,(H,58,66)(H,59,67)(H,60,68)(H,61,85)(H,62,69)(H,63,87)(H,64,86)/t25-,26-,27-,28-,29-,30-,31-,39+,40+,41+,42+,43+,44+,45+,46+,47-,48-,49-,50-,54+,55+,56+,57+/m0/s1.